The van der Waals surface area contributed by atoms with Crippen molar-refractivity contribution in [2.45, 2.75) is 0 Å². The summed E-state index contributed by atoms with van der Waals surface area (Å²) in [6, 6.07) is 0. The van der Waals surface area contributed by atoms with Gasteiger partial charge in [0, 0.05) is 18.5 Å². The average Bonchev–Trinajstić information content (AvgIpc) is 2.34. The molecule has 0 saturated carbocycles. The smallest absolute Gasteiger partial charge is 0.317 e. The van der Waals surface area contributed by atoms with Gasteiger partial charge in [-0.2, -0.15) is 0 Å². The largest absolute Gasteiger partial charge is 0.480 e. The summed E-state index contributed by atoms with van der Waals surface area (Å²) < 4.78 is 31.0. The summed E-state index contributed by atoms with van der Waals surface area (Å²) in [4.78, 5) is 43.3. The van der Waals surface area contributed by atoms with Gasteiger partial charge >= 0.3 is 23.9 Å². The first kappa shape index (κ1) is 11.6. The highest BCUT2D eigenvalue weighted by Gasteiger charge is 2.17. The molecule has 0 spiro atoms. The molecule has 0 aliphatic heterocycles. The van der Waals surface area contributed by atoms with Crippen molar-refractivity contribution in [3.05, 3.63) is 0 Å². The molecule has 0 bridgehead atoms. The van der Waals surface area contributed by atoms with Gasteiger partial charge in [-0.15, -0.1) is 0 Å². The van der Waals surface area contributed by atoms with Crippen molar-refractivity contribution in [3.8, 4) is 0 Å². The zero-order chi connectivity index (χ0) is 19.3. The number of carboxylic acid groups (broad SMARTS) is 4. The van der Waals surface area contributed by atoms with E-state index in [2.05, 4.69) is 0 Å². The molecule has 0 rings (SSSR count). The Morgan fingerprint density at radius 3 is 1.00 bits per heavy atom. The lowest BCUT2D eigenvalue weighted by Gasteiger charge is -2.23. The summed E-state index contributed by atoms with van der Waals surface area (Å²) in [5.74, 6) is -6.62. The van der Waals surface area contributed by atoms with Crippen molar-refractivity contribution in [3.63, 3.8) is 0 Å². The summed E-state index contributed by atoms with van der Waals surface area (Å²) in [6.07, 6.45) is 0. The molecule has 0 aromatic rings. The summed E-state index contributed by atoms with van der Waals surface area (Å²) >= 11 is 0. The number of carbonyl (C=O) groups is 4. The number of nitrogens with zero attached hydrogens (tertiary/aromatic N) is 2. The molecule has 10 nitrogen and oxygen atoms in total. The minimum atomic E-state index is -3.32. The van der Waals surface area contributed by atoms with Gasteiger partial charge in [0.25, 0.3) is 0 Å². The van der Waals surface area contributed by atoms with Crippen molar-refractivity contribution in [2.24, 2.45) is 0 Å². The molecule has 0 aliphatic carbocycles. The fraction of sp³-hybridized carbons (Fsp3) is 0.600. The molecular weight excluding hydrogens is 276 g/mol. The van der Waals surface area contributed by atoms with Crippen LogP contribution < -0.4 is 0 Å². The van der Waals surface area contributed by atoms with Crippen molar-refractivity contribution in [1.82, 2.24) is 9.80 Å². The van der Waals surface area contributed by atoms with Gasteiger partial charge in [0.2, 0.25) is 0 Å². The Morgan fingerprint density at radius 2 is 0.850 bits per heavy atom. The Labute approximate surface area is 119 Å². The molecule has 0 atom stereocenters. The van der Waals surface area contributed by atoms with E-state index >= 15 is 0 Å². The van der Waals surface area contributed by atoms with Gasteiger partial charge in [-0.3, -0.25) is 29.0 Å². The Bertz CT molecular complexity index is 449. The predicted molar refractivity (Wildman–Crippen MR) is 63.4 cm³/mol. The number of hydrogen-bond acceptors (Lipinski definition) is 6. The molecule has 0 unspecified atom stereocenters. The Hall–Kier alpha value is -2.20. The zero-order valence-corrected chi connectivity index (χ0v) is 10.1. The lowest BCUT2D eigenvalue weighted by Crippen LogP contribution is -2.43. The van der Waals surface area contributed by atoms with Gasteiger partial charge in [0.15, 0.2) is 0 Å². The normalized spacial score (nSPS) is 15.1. The van der Waals surface area contributed by atoms with Crippen LogP contribution >= 0.6 is 0 Å². The number of rotatable bonds is 11. The fourth-order valence-electron chi connectivity index (χ4n) is 1.06. The van der Waals surface area contributed by atoms with E-state index < -0.39 is 63.0 Å². The van der Waals surface area contributed by atoms with Crippen LogP contribution in [0, 0.1) is 0 Å². The molecule has 20 heavy (non-hydrogen) atoms. The number of aliphatic carboxylic acids is 4. The molecule has 0 aliphatic rings. The van der Waals surface area contributed by atoms with E-state index in [1.165, 1.54) is 0 Å². The second-order valence-corrected chi connectivity index (χ2v) is 3.51. The second-order valence-electron chi connectivity index (χ2n) is 3.51. The van der Waals surface area contributed by atoms with Crippen LogP contribution in [0.3, 0.4) is 0 Å². The van der Waals surface area contributed by atoms with E-state index in [4.69, 9.17) is 25.9 Å². The molecule has 0 fully saturated rings. The highest BCUT2D eigenvalue weighted by Crippen LogP contribution is 1.94. The lowest BCUT2D eigenvalue weighted by atomic mass is 10.4. The van der Waals surface area contributed by atoms with Crippen molar-refractivity contribution >= 4 is 23.9 Å². The minimum absolute atomic E-state index is 0.119. The summed E-state index contributed by atoms with van der Waals surface area (Å²) in [5.41, 5.74) is 0. The van der Waals surface area contributed by atoms with E-state index in [9.17, 15) is 19.2 Å². The monoisotopic (exact) mass is 296 g/mol. The van der Waals surface area contributed by atoms with Crippen LogP contribution in [-0.2, 0) is 19.2 Å². The molecule has 0 saturated heterocycles. The standard InChI is InChI=1S/C10H16N2O8/c13-7(14)3-11(4-8(15)16)1-2-12(5-9(17)18)6-10(19)20/h1-6H2,(H,13,14)(H,15,16)(H,17,18)(H,19,20)/i1D2,2D2. The maximum Gasteiger partial charge on any atom is 0.317 e. The highest BCUT2D eigenvalue weighted by molar-refractivity contribution is 5.73. The zero-order valence-electron chi connectivity index (χ0n) is 14.1. The van der Waals surface area contributed by atoms with E-state index in [0.29, 0.717) is 0 Å². The summed E-state index contributed by atoms with van der Waals surface area (Å²) in [6.45, 7) is -11.5. The van der Waals surface area contributed by atoms with Crippen molar-refractivity contribution < 1.29 is 45.1 Å². The van der Waals surface area contributed by atoms with Crippen molar-refractivity contribution in [2.75, 3.05) is 39.2 Å². The fourth-order valence-corrected chi connectivity index (χ4v) is 1.06. The highest BCUT2D eigenvalue weighted by atomic mass is 16.4. The second kappa shape index (κ2) is 8.82. The van der Waals surface area contributed by atoms with Gasteiger partial charge in [-0.1, -0.05) is 0 Å². The maximum atomic E-state index is 10.8. The number of hydrogen-bond donors (Lipinski definition) is 4. The van der Waals surface area contributed by atoms with Crippen LogP contribution in [-0.4, -0.2) is 93.3 Å². The van der Waals surface area contributed by atoms with Crippen LogP contribution in [0.4, 0.5) is 0 Å². The van der Waals surface area contributed by atoms with Gasteiger partial charge in [-0.25, -0.2) is 0 Å². The predicted octanol–water partition coefficient (Wildman–Crippen LogP) is -2.07. The van der Waals surface area contributed by atoms with Gasteiger partial charge in [0.05, 0.1) is 26.2 Å². The molecule has 0 aromatic carbocycles. The first-order chi connectivity index (χ1) is 10.7. The first-order valence-electron chi connectivity index (χ1n) is 7.09. The van der Waals surface area contributed by atoms with Gasteiger partial charge in [0.1, 0.15) is 0 Å². The maximum absolute atomic E-state index is 10.8. The van der Waals surface area contributed by atoms with E-state index in [1.807, 2.05) is 0 Å². The van der Waals surface area contributed by atoms with Crippen LogP contribution in [0.25, 0.3) is 0 Å². The quantitative estimate of drug-likeness (QED) is 0.334. The third-order valence-corrected chi connectivity index (χ3v) is 1.67. The van der Waals surface area contributed by atoms with E-state index in [0.717, 1.165) is 0 Å². The summed E-state index contributed by atoms with van der Waals surface area (Å²) in [7, 11) is 0. The lowest BCUT2D eigenvalue weighted by molar-refractivity contribution is -0.145. The third-order valence-electron chi connectivity index (χ3n) is 1.67. The third kappa shape index (κ3) is 9.79. The van der Waals surface area contributed by atoms with Crippen LogP contribution in [0.15, 0.2) is 0 Å². The molecule has 0 aromatic heterocycles. The van der Waals surface area contributed by atoms with E-state index in [-0.39, 0.29) is 9.80 Å². The van der Waals surface area contributed by atoms with Crippen LogP contribution in [0.1, 0.15) is 5.48 Å². The topological polar surface area (TPSA) is 156 Å². The van der Waals surface area contributed by atoms with Gasteiger partial charge in [-0.05, 0) is 0 Å². The summed E-state index contributed by atoms with van der Waals surface area (Å²) in [5, 5.41) is 34.9. The average molecular weight is 296 g/mol. The van der Waals surface area contributed by atoms with Crippen LogP contribution in [0.2, 0.25) is 0 Å². The van der Waals surface area contributed by atoms with E-state index in [1.54, 1.807) is 0 Å². The molecule has 0 amide bonds. The Kier molecular flexibility index (Phi) is 5.12. The molecular formula is C10H16N2O8. The SMILES string of the molecule is [2H]C([2H])(N(CC(=O)O)CC(=O)O)C([2H])([2H])N(CC(=O)O)CC(=O)O. The van der Waals surface area contributed by atoms with Crippen molar-refractivity contribution in [1.29, 1.82) is 0 Å². The molecule has 114 valence electrons. The van der Waals surface area contributed by atoms with Gasteiger partial charge < -0.3 is 20.4 Å². The Morgan fingerprint density at radius 1 is 0.650 bits per heavy atom. The molecule has 4 N–H and O–H groups in total. The molecule has 10 heteroatoms. The number of carboxylic acids is 4. The Balaban J connectivity index is 5.81. The first-order valence-corrected chi connectivity index (χ1v) is 5.09. The van der Waals surface area contributed by atoms with Crippen LogP contribution in [0.5, 0.6) is 0 Å². The molecule has 0 radical (unpaired) electrons. The minimum Gasteiger partial charge on any atom is -0.480 e. The molecule has 0 heterocycles.